The summed E-state index contributed by atoms with van der Waals surface area (Å²) in [5.74, 6) is 0. The summed E-state index contributed by atoms with van der Waals surface area (Å²) < 4.78 is 58.9. The Labute approximate surface area is 76.3 Å². The molecular weight excluding hydrogens is 222 g/mol. The van der Waals surface area contributed by atoms with Crippen LogP contribution in [-0.2, 0) is 20.6 Å². The highest BCUT2D eigenvalue weighted by atomic mass is 32.3. The van der Waals surface area contributed by atoms with Crippen LogP contribution >= 0.6 is 0 Å². The minimum Gasteiger partial charge on any atom is -0.240 e. The van der Waals surface area contributed by atoms with Crippen molar-refractivity contribution in [3.05, 3.63) is 0 Å². The van der Waals surface area contributed by atoms with Gasteiger partial charge in [0.05, 0.1) is 0 Å². The molecule has 78 valence electrons. The topological polar surface area (TPSA) is 109 Å². The SMILES string of the molecule is O=S(=O)(O)[N+]1(S(=O)(=O)O)CCCC1. The van der Waals surface area contributed by atoms with Gasteiger partial charge in [0.1, 0.15) is 13.1 Å². The highest BCUT2D eigenvalue weighted by Gasteiger charge is 2.54. The molecule has 0 amide bonds. The highest BCUT2D eigenvalue weighted by molar-refractivity contribution is 7.92. The summed E-state index contributed by atoms with van der Waals surface area (Å²) in [6.07, 6.45) is 0.666. The molecule has 2 N–H and O–H groups in total. The molecule has 1 heterocycles. The Kier molecular flexibility index (Phi) is 2.41. The molecule has 0 spiro atoms. The molecule has 0 aliphatic carbocycles. The third-order valence-corrected chi connectivity index (χ3v) is 5.63. The average molecular weight is 232 g/mol. The van der Waals surface area contributed by atoms with Crippen LogP contribution in [0.15, 0.2) is 0 Å². The quantitative estimate of drug-likeness (QED) is 0.476. The van der Waals surface area contributed by atoms with E-state index in [1.807, 2.05) is 0 Å². The fourth-order valence-electron chi connectivity index (χ4n) is 1.40. The number of quaternary nitrogens is 1. The Bertz CT molecular complexity index is 354. The van der Waals surface area contributed by atoms with Crippen molar-refractivity contribution in [1.29, 1.82) is 0 Å². The van der Waals surface area contributed by atoms with Crippen LogP contribution in [0.25, 0.3) is 0 Å². The summed E-state index contributed by atoms with van der Waals surface area (Å²) >= 11 is 0. The van der Waals surface area contributed by atoms with Gasteiger partial charge in [-0.05, 0) is 0 Å². The van der Waals surface area contributed by atoms with E-state index in [1.165, 1.54) is 0 Å². The standard InChI is InChI=1S/C4H9NO6S2/c6-12(7,8)5(13(9,10)11)3-1-2-4-5/h1-4H2,(H-,6,7,8,9,10,11)/p+1. The first-order valence-corrected chi connectivity index (χ1v) is 6.32. The minimum atomic E-state index is -4.82. The van der Waals surface area contributed by atoms with Crippen LogP contribution < -0.4 is 0 Å². The van der Waals surface area contributed by atoms with Gasteiger partial charge in [0.15, 0.2) is 0 Å². The van der Waals surface area contributed by atoms with Crippen LogP contribution in [0.5, 0.6) is 0 Å². The van der Waals surface area contributed by atoms with Crippen molar-refractivity contribution >= 4 is 20.6 Å². The molecule has 9 heteroatoms. The van der Waals surface area contributed by atoms with Gasteiger partial charge < -0.3 is 0 Å². The van der Waals surface area contributed by atoms with Crippen molar-refractivity contribution < 1.29 is 29.2 Å². The van der Waals surface area contributed by atoms with Crippen molar-refractivity contribution in [1.82, 2.24) is 0 Å². The molecule has 1 rings (SSSR count). The zero-order chi connectivity index (χ0) is 10.3. The predicted octanol–water partition coefficient (Wildman–Crippen LogP) is -0.797. The molecule has 0 aromatic rings. The van der Waals surface area contributed by atoms with Crippen LogP contribution in [0.3, 0.4) is 0 Å². The van der Waals surface area contributed by atoms with E-state index in [4.69, 9.17) is 9.11 Å². The Hall–Kier alpha value is -0.220. The molecule has 0 atom stereocenters. The molecule has 0 bridgehead atoms. The molecule has 0 unspecified atom stereocenters. The minimum absolute atomic E-state index is 0.308. The zero-order valence-electron chi connectivity index (χ0n) is 6.62. The molecule has 13 heavy (non-hydrogen) atoms. The summed E-state index contributed by atoms with van der Waals surface area (Å²) in [7, 11) is -9.64. The van der Waals surface area contributed by atoms with E-state index in [-0.39, 0.29) is 13.1 Å². The summed E-state index contributed by atoms with van der Waals surface area (Å²) in [5.41, 5.74) is 0. The zero-order valence-corrected chi connectivity index (χ0v) is 8.25. The second kappa shape index (κ2) is 2.89. The molecule has 0 radical (unpaired) electrons. The number of nitrogens with zero attached hydrogens (tertiary/aromatic N) is 1. The second-order valence-electron chi connectivity index (χ2n) is 2.86. The Morgan fingerprint density at radius 1 is 0.846 bits per heavy atom. The van der Waals surface area contributed by atoms with Gasteiger partial charge in [0.2, 0.25) is 0 Å². The van der Waals surface area contributed by atoms with Crippen molar-refractivity contribution in [2.75, 3.05) is 13.1 Å². The van der Waals surface area contributed by atoms with E-state index < -0.39 is 23.9 Å². The van der Waals surface area contributed by atoms with Gasteiger partial charge in [-0.25, -0.2) is 9.11 Å². The lowest BCUT2D eigenvalue weighted by molar-refractivity contribution is -0.667. The number of hydrogen-bond acceptors (Lipinski definition) is 4. The van der Waals surface area contributed by atoms with Crippen molar-refractivity contribution in [3.8, 4) is 0 Å². The summed E-state index contributed by atoms with van der Waals surface area (Å²) in [5, 5.41) is 0. The largest absolute Gasteiger partial charge is 0.449 e. The van der Waals surface area contributed by atoms with Crippen LogP contribution in [0, 0.1) is 0 Å². The molecule has 1 aliphatic heterocycles. The summed E-state index contributed by atoms with van der Waals surface area (Å²) in [6, 6.07) is 0. The maximum Gasteiger partial charge on any atom is 0.449 e. The average Bonchev–Trinajstić information content (AvgIpc) is 2.28. The fraction of sp³-hybridized carbons (Fsp3) is 1.00. The van der Waals surface area contributed by atoms with E-state index in [1.54, 1.807) is 0 Å². The van der Waals surface area contributed by atoms with Crippen molar-refractivity contribution in [3.63, 3.8) is 0 Å². The van der Waals surface area contributed by atoms with Crippen molar-refractivity contribution in [2.24, 2.45) is 0 Å². The van der Waals surface area contributed by atoms with Gasteiger partial charge >= 0.3 is 20.6 Å². The molecular formula is C4H10NO6S2+. The van der Waals surface area contributed by atoms with Crippen LogP contribution in [0.2, 0.25) is 0 Å². The number of rotatable bonds is 2. The van der Waals surface area contributed by atoms with Gasteiger partial charge in [0.25, 0.3) is 0 Å². The van der Waals surface area contributed by atoms with Crippen molar-refractivity contribution in [2.45, 2.75) is 12.8 Å². The smallest absolute Gasteiger partial charge is 0.240 e. The lowest BCUT2D eigenvalue weighted by Crippen LogP contribution is -2.53. The van der Waals surface area contributed by atoms with Crippen LogP contribution in [0.4, 0.5) is 0 Å². The molecule has 1 aliphatic rings. The Balaban J connectivity index is 3.35. The van der Waals surface area contributed by atoms with E-state index in [0.717, 1.165) is 0 Å². The predicted molar refractivity (Wildman–Crippen MR) is 42.3 cm³/mol. The first-order chi connectivity index (χ1) is 5.71. The fourth-order valence-corrected chi connectivity index (χ4v) is 3.79. The third-order valence-electron chi connectivity index (χ3n) is 2.09. The molecule has 1 fully saturated rings. The van der Waals surface area contributed by atoms with E-state index in [0.29, 0.717) is 12.8 Å². The van der Waals surface area contributed by atoms with E-state index >= 15 is 0 Å². The normalized spacial score (nSPS) is 23.2. The highest BCUT2D eigenvalue weighted by Crippen LogP contribution is 2.27. The lowest BCUT2D eigenvalue weighted by Gasteiger charge is -2.23. The molecule has 0 saturated carbocycles. The van der Waals surface area contributed by atoms with Gasteiger partial charge in [-0.2, -0.15) is 0 Å². The van der Waals surface area contributed by atoms with Gasteiger partial charge in [-0.15, -0.1) is 16.8 Å². The Morgan fingerprint density at radius 3 is 1.31 bits per heavy atom. The second-order valence-corrected chi connectivity index (χ2v) is 6.28. The molecule has 1 saturated heterocycles. The molecule has 7 nitrogen and oxygen atoms in total. The first kappa shape index (κ1) is 10.9. The lowest BCUT2D eigenvalue weighted by atomic mass is 10.4. The Morgan fingerprint density at radius 2 is 1.15 bits per heavy atom. The van der Waals surface area contributed by atoms with E-state index in [2.05, 4.69) is 0 Å². The third kappa shape index (κ3) is 1.57. The molecule has 0 aromatic carbocycles. The van der Waals surface area contributed by atoms with E-state index in [9.17, 15) is 16.8 Å². The van der Waals surface area contributed by atoms with Gasteiger partial charge in [-0.3, -0.25) is 0 Å². The summed E-state index contributed by atoms with van der Waals surface area (Å²) in [4.78, 5) is 0. The van der Waals surface area contributed by atoms with Crippen LogP contribution in [-0.4, -0.2) is 42.3 Å². The molecule has 0 aromatic heterocycles. The van der Waals surface area contributed by atoms with Gasteiger partial charge in [-0.1, -0.05) is 3.29 Å². The first-order valence-electron chi connectivity index (χ1n) is 3.53. The maximum absolute atomic E-state index is 10.8. The van der Waals surface area contributed by atoms with Crippen LogP contribution in [0.1, 0.15) is 12.8 Å². The summed E-state index contributed by atoms with van der Waals surface area (Å²) in [6.45, 7) is -0.616. The maximum atomic E-state index is 10.8. The van der Waals surface area contributed by atoms with Gasteiger partial charge in [0, 0.05) is 12.8 Å². The monoisotopic (exact) mass is 232 g/mol. The number of hydrogen-bond donors (Lipinski definition) is 2.